The summed E-state index contributed by atoms with van der Waals surface area (Å²) in [6.07, 6.45) is 1.49. The Hall–Kier alpha value is -3.17. The number of aryl methyl sites for hydroxylation is 2. The lowest BCUT2D eigenvalue weighted by atomic mass is 10.00. The normalized spacial score (nSPS) is 17.5. The molecule has 0 radical (unpaired) electrons. The summed E-state index contributed by atoms with van der Waals surface area (Å²) in [5.74, 6) is 1.88. The number of rotatable bonds is 5. The molecule has 0 aliphatic carbocycles. The molecule has 0 bridgehead atoms. The third-order valence-electron chi connectivity index (χ3n) is 6.18. The van der Waals surface area contributed by atoms with Gasteiger partial charge in [0.2, 0.25) is 21.7 Å². The van der Waals surface area contributed by atoms with Gasteiger partial charge >= 0.3 is 0 Å². The monoisotopic (exact) mass is 467 g/mol. The molecule has 0 unspecified atom stereocenters. The Morgan fingerprint density at radius 2 is 1.91 bits per heavy atom. The largest absolute Gasteiger partial charge is 0.497 e. The van der Waals surface area contributed by atoms with E-state index in [0.717, 1.165) is 35.1 Å². The topological polar surface area (TPSA) is 98.7 Å². The summed E-state index contributed by atoms with van der Waals surface area (Å²) in [6, 6.07) is 12.5. The van der Waals surface area contributed by atoms with Crippen molar-refractivity contribution >= 4 is 21.0 Å². The Morgan fingerprint density at radius 1 is 1.12 bits per heavy atom. The minimum atomic E-state index is -3.58. The summed E-state index contributed by atoms with van der Waals surface area (Å²) in [5, 5.41) is 5.06. The zero-order valence-electron chi connectivity index (χ0n) is 18.7. The van der Waals surface area contributed by atoms with Crippen molar-refractivity contribution in [3.8, 4) is 17.3 Å². The smallest absolute Gasteiger partial charge is 0.243 e. The van der Waals surface area contributed by atoms with Gasteiger partial charge in [-0.15, -0.1) is 0 Å². The predicted octanol–water partition coefficient (Wildman–Crippen LogP) is 4.68. The van der Waals surface area contributed by atoms with Gasteiger partial charge in [0, 0.05) is 24.0 Å². The zero-order valence-corrected chi connectivity index (χ0v) is 19.6. The minimum absolute atomic E-state index is 0.176. The van der Waals surface area contributed by atoms with Gasteiger partial charge in [-0.1, -0.05) is 22.9 Å². The average molecular weight is 468 g/mol. The molecule has 1 saturated heterocycles. The fraction of sp³-hybridized carbons (Fsp3) is 0.333. The maximum absolute atomic E-state index is 13.1. The molecular formula is C24H25N3O5S. The summed E-state index contributed by atoms with van der Waals surface area (Å²) in [7, 11) is -1.96. The van der Waals surface area contributed by atoms with Gasteiger partial charge in [-0.2, -0.15) is 9.29 Å². The van der Waals surface area contributed by atoms with Gasteiger partial charge in [0.25, 0.3) is 0 Å². The molecule has 3 heterocycles. The van der Waals surface area contributed by atoms with E-state index in [-0.39, 0.29) is 5.92 Å². The van der Waals surface area contributed by atoms with Crippen LogP contribution in [0.4, 0.5) is 0 Å². The highest BCUT2D eigenvalue weighted by molar-refractivity contribution is 7.89. The first-order chi connectivity index (χ1) is 15.9. The molecular weight excluding hydrogens is 442 g/mol. The number of aromatic nitrogens is 2. The molecule has 1 fully saturated rings. The second-order valence-electron chi connectivity index (χ2n) is 8.39. The fourth-order valence-electron chi connectivity index (χ4n) is 4.26. The Balaban J connectivity index is 1.40. The quantitative estimate of drug-likeness (QED) is 0.420. The van der Waals surface area contributed by atoms with Crippen LogP contribution in [0, 0.1) is 13.8 Å². The summed E-state index contributed by atoms with van der Waals surface area (Å²) in [6.45, 7) is 4.64. The predicted molar refractivity (Wildman–Crippen MR) is 123 cm³/mol. The molecule has 33 heavy (non-hydrogen) atoms. The fourth-order valence-corrected chi connectivity index (χ4v) is 5.78. The van der Waals surface area contributed by atoms with Crippen molar-refractivity contribution < 1.29 is 22.1 Å². The Kier molecular flexibility index (Phi) is 5.46. The molecule has 2 aromatic carbocycles. The first-order valence-electron chi connectivity index (χ1n) is 10.8. The van der Waals surface area contributed by atoms with Crippen LogP contribution >= 0.6 is 0 Å². The van der Waals surface area contributed by atoms with E-state index < -0.39 is 10.0 Å². The zero-order chi connectivity index (χ0) is 23.2. The summed E-state index contributed by atoms with van der Waals surface area (Å²) < 4.78 is 44.6. The SMILES string of the molecule is COc1ccc2oc(-c3noc([C@H]4CCCN(S(=O)(=O)c5ccc(C)cc5)C4)n3)c(C)c2c1. The van der Waals surface area contributed by atoms with Crippen LogP contribution in [0.1, 0.15) is 35.8 Å². The van der Waals surface area contributed by atoms with Crippen LogP contribution in [-0.2, 0) is 10.0 Å². The third-order valence-corrected chi connectivity index (χ3v) is 8.06. The van der Waals surface area contributed by atoms with Gasteiger partial charge in [-0.05, 0) is 57.0 Å². The lowest BCUT2D eigenvalue weighted by Crippen LogP contribution is -2.39. The molecule has 1 atom stereocenters. The number of benzene rings is 2. The number of sulfonamides is 1. The highest BCUT2D eigenvalue weighted by Crippen LogP contribution is 2.35. The maximum atomic E-state index is 13.1. The number of hydrogen-bond acceptors (Lipinski definition) is 7. The highest BCUT2D eigenvalue weighted by Gasteiger charge is 2.33. The Labute approximate surface area is 192 Å². The van der Waals surface area contributed by atoms with E-state index in [1.165, 1.54) is 4.31 Å². The molecule has 4 aromatic rings. The Morgan fingerprint density at radius 3 is 2.67 bits per heavy atom. The van der Waals surface area contributed by atoms with Crippen LogP contribution in [0.15, 0.2) is 56.3 Å². The van der Waals surface area contributed by atoms with Crippen LogP contribution in [0.5, 0.6) is 5.75 Å². The van der Waals surface area contributed by atoms with Gasteiger partial charge in [0.05, 0.1) is 17.9 Å². The van der Waals surface area contributed by atoms with E-state index in [4.69, 9.17) is 13.7 Å². The van der Waals surface area contributed by atoms with Crippen molar-refractivity contribution in [3.63, 3.8) is 0 Å². The second kappa shape index (κ2) is 8.31. The van der Waals surface area contributed by atoms with Crippen molar-refractivity contribution in [2.75, 3.05) is 20.2 Å². The number of furan rings is 1. The molecule has 1 aliphatic rings. The van der Waals surface area contributed by atoms with E-state index in [9.17, 15) is 8.42 Å². The minimum Gasteiger partial charge on any atom is -0.497 e. The molecule has 0 spiro atoms. The third kappa shape index (κ3) is 3.91. The van der Waals surface area contributed by atoms with Gasteiger partial charge in [0.1, 0.15) is 11.3 Å². The molecule has 0 saturated carbocycles. The molecule has 172 valence electrons. The van der Waals surface area contributed by atoms with E-state index >= 15 is 0 Å². The average Bonchev–Trinajstić information content (AvgIpc) is 3.44. The van der Waals surface area contributed by atoms with Crippen LogP contribution in [0.25, 0.3) is 22.6 Å². The van der Waals surface area contributed by atoms with Crippen LogP contribution < -0.4 is 4.74 Å². The molecule has 5 rings (SSSR count). The number of piperidine rings is 1. The van der Waals surface area contributed by atoms with Gasteiger partial charge < -0.3 is 13.7 Å². The first kappa shape index (κ1) is 21.7. The molecule has 0 amide bonds. The van der Waals surface area contributed by atoms with Gasteiger partial charge in [-0.3, -0.25) is 0 Å². The number of hydrogen-bond donors (Lipinski definition) is 0. The number of fused-ring (bicyclic) bond motifs is 1. The van der Waals surface area contributed by atoms with Gasteiger partial charge in [-0.25, -0.2) is 8.42 Å². The van der Waals surface area contributed by atoms with Crippen molar-refractivity contribution in [2.24, 2.45) is 0 Å². The van der Waals surface area contributed by atoms with Crippen LogP contribution in [0.2, 0.25) is 0 Å². The molecule has 8 nitrogen and oxygen atoms in total. The van der Waals surface area contributed by atoms with Gasteiger partial charge in [0.15, 0.2) is 5.76 Å². The lowest BCUT2D eigenvalue weighted by Gasteiger charge is -2.30. The molecule has 1 aliphatic heterocycles. The van der Waals surface area contributed by atoms with Crippen molar-refractivity contribution in [1.29, 1.82) is 0 Å². The molecule has 0 N–H and O–H groups in total. The standard InChI is InChI=1S/C24H25N3O5S/c1-15-6-9-19(10-7-15)33(28,29)27-12-4-5-17(14-27)24-25-23(26-32-24)22-16(2)20-13-18(30-3)8-11-21(20)31-22/h6-11,13,17H,4-5,12,14H2,1-3H3/t17-/m0/s1. The van der Waals surface area contributed by atoms with E-state index in [1.807, 2.05) is 44.2 Å². The number of nitrogens with zero attached hydrogens (tertiary/aromatic N) is 3. The molecule has 2 aromatic heterocycles. The summed E-state index contributed by atoms with van der Waals surface area (Å²) in [5.41, 5.74) is 2.62. The summed E-state index contributed by atoms with van der Waals surface area (Å²) in [4.78, 5) is 4.88. The maximum Gasteiger partial charge on any atom is 0.243 e. The van der Waals surface area contributed by atoms with Crippen LogP contribution in [0.3, 0.4) is 0 Å². The van der Waals surface area contributed by atoms with E-state index in [0.29, 0.717) is 41.0 Å². The highest BCUT2D eigenvalue weighted by atomic mass is 32.2. The van der Waals surface area contributed by atoms with E-state index in [2.05, 4.69) is 10.1 Å². The first-order valence-corrected chi connectivity index (χ1v) is 12.3. The number of methoxy groups -OCH3 is 1. The summed E-state index contributed by atoms with van der Waals surface area (Å²) >= 11 is 0. The number of ether oxygens (including phenoxy) is 1. The second-order valence-corrected chi connectivity index (χ2v) is 10.3. The lowest BCUT2D eigenvalue weighted by molar-refractivity contribution is 0.265. The van der Waals surface area contributed by atoms with Crippen molar-refractivity contribution in [1.82, 2.24) is 14.4 Å². The van der Waals surface area contributed by atoms with Crippen molar-refractivity contribution in [3.05, 3.63) is 59.5 Å². The Bertz CT molecular complexity index is 1410. The van der Waals surface area contributed by atoms with Crippen molar-refractivity contribution in [2.45, 2.75) is 37.5 Å². The van der Waals surface area contributed by atoms with E-state index in [1.54, 1.807) is 19.2 Å². The van der Waals surface area contributed by atoms with Crippen LogP contribution in [-0.4, -0.2) is 43.1 Å². The molecule has 9 heteroatoms.